The Morgan fingerprint density at radius 3 is 2.03 bits per heavy atom. The monoisotopic (exact) mass is 558 g/mol. The minimum Gasteiger partial charge on any atom is -0.504 e. The highest BCUT2D eigenvalue weighted by atomic mass is 32.3. The van der Waals surface area contributed by atoms with Gasteiger partial charge in [-0.3, -0.25) is 4.55 Å². The fourth-order valence-electron chi connectivity index (χ4n) is 4.07. The number of aliphatic hydroxyl groups excluding tert-OH is 3. The first-order chi connectivity index (χ1) is 17.7. The Kier molecular flexibility index (Phi) is 9.07. The number of carboxylic acids is 1. The van der Waals surface area contributed by atoms with Gasteiger partial charge in [0.1, 0.15) is 18.3 Å². The van der Waals surface area contributed by atoms with Crippen molar-refractivity contribution in [2.45, 2.75) is 57.4 Å². The molecule has 0 amide bonds. The van der Waals surface area contributed by atoms with Crippen LogP contribution in [0.4, 0.5) is 0 Å². The lowest BCUT2D eigenvalue weighted by atomic mass is 9.85. The van der Waals surface area contributed by atoms with Crippen molar-refractivity contribution in [2.75, 3.05) is 0 Å². The number of benzene rings is 2. The normalized spacial score (nSPS) is 25.4. The number of carboxylic acid groups (broad SMARTS) is 1. The SMILES string of the molecule is CC(Cc1ccc(OS(=O)(=O)O)c(O)c1)C(C)Cc1ccc(O)c(O[C@@H]2O[C@H](C(=O)O)[C@@H](O)[C@H](O)[C@H]2O)c1. The van der Waals surface area contributed by atoms with E-state index in [4.69, 9.17) is 14.0 Å². The van der Waals surface area contributed by atoms with Gasteiger partial charge in [0.2, 0.25) is 6.29 Å². The summed E-state index contributed by atoms with van der Waals surface area (Å²) in [6.07, 6.45) is -8.03. The predicted molar refractivity (Wildman–Crippen MR) is 129 cm³/mol. The second kappa shape index (κ2) is 11.7. The Bertz CT molecular complexity index is 1250. The molecule has 0 saturated carbocycles. The number of hydrogen-bond donors (Lipinski definition) is 7. The van der Waals surface area contributed by atoms with Gasteiger partial charge in [-0.2, -0.15) is 8.42 Å². The Balaban J connectivity index is 1.67. The van der Waals surface area contributed by atoms with Crippen molar-refractivity contribution >= 4 is 16.4 Å². The maximum Gasteiger partial charge on any atom is 0.446 e. The molecule has 3 rings (SSSR count). The average Bonchev–Trinajstić information content (AvgIpc) is 2.82. The van der Waals surface area contributed by atoms with Crippen molar-refractivity contribution in [1.29, 1.82) is 0 Å². The molecular formula is C24H30O13S. The van der Waals surface area contributed by atoms with Crippen LogP contribution in [0.1, 0.15) is 25.0 Å². The van der Waals surface area contributed by atoms with Gasteiger partial charge in [0.15, 0.2) is 29.1 Å². The molecule has 1 heterocycles. The summed E-state index contributed by atoms with van der Waals surface area (Å²) in [4.78, 5) is 11.3. The molecule has 1 fully saturated rings. The van der Waals surface area contributed by atoms with Crippen LogP contribution in [0.15, 0.2) is 36.4 Å². The topological polar surface area (TPSA) is 221 Å². The molecular weight excluding hydrogens is 528 g/mol. The van der Waals surface area contributed by atoms with Crippen molar-refractivity contribution in [1.82, 2.24) is 0 Å². The van der Waals surface area contributed by atoms with Crippen LogP contribution in [0.25, 0.3) is 0 Å². The smallest absolute Gasteiger partial charge is 0.446 e. The van der Waals surface area contributed by atoms with Crippen molar-refractivity contribution in [3.63, 3.8) is 0 Å². The Morgan fingerprint density at radius 1 is 0.895 bits per heavy atom. The highest BCUT2D eigenvalue weighted by Crippen LogP contribution is 2.34. The molecule has 0 spiro atoms. The molecule has 38 heavy (non-hydrogen) atoms. The van der Waals surface area contributed by atoms with Gasteiger partial charge in [0, 0.05) is 0 Å². The van der Waals surface area contributed by atoms with Gasteiger partial charge in [0.05, 0.1) is 0 Å². The molecule has 2 aromatic carbocycles. The molecule has 1 aliphatic rings. The molecule has 0 aromatic heterocycles. The highest BCUT2D eigenvalue weighted by Gasteiger charge is 2.48. The third-order valence-electron chi connectivity index (χ3n) is 6.39. The molecule has 13 nitrogen and oxygen atoms in total. The second-order valence-electron chi connectivity index (χ2n) is 9.33. The van der Waals surface area contributed by atoms with E-state index >= 15 is 0 Å². The van der Waals surface area contributed by atoms with E-state index < -0.39 is 58.6 Å². The third kappa shape index (κ3) is 7.24. The van der Waals surface area contributed by atoms with Crippen molar-refractivity contribution < 1.29 is 62.1 Å². The van der Waals surface area contributed by atoms with E-state index in [-0.39, 0.29) is 23.3 Å². The number of ether oxygens (including phenoxy) is 2. The van der Waals surface area contributed by atoms with Gasteiger partial charge in [0.25, 0.3) is 0 Å². The van der Waals surface area contributed by atoms with E-state index in [0.29, 0.717) is 18.4 Å². The third-order valence-corrected chi connectivity index (χ3v) is 6.78. The number of aliphatic hydroxyl groups is 3. The quantitative estimate of drug-likeness (QED) is 0.199. The molecule has 7 atom stereocenters. The summed E-state index contributed by atoms with van der Waals surface area (Å²) in [5.74, 6) is -2.76. The van der Waals surface area contributed by atoms with Crippen LogP contribution in [-0.2, 0) is 32.8 Å². The maximum atomic E-state index is 11.3. The molecule has 210 valence electrons. The van der Waals surface area contributed by atoms with Crippen LogP contribution >= 0.6 is 0 Å². The molecule has 1 aliphatic heterocycles. The van der Waals surface area contributed by atoms with E-state index in [1.54, 1.807) is 12.1 Å². The van der Waals surface area contributed by atoms with Gasteiger partial charge in [-0.1, -0.05) is 26.0 Å². The van der Waals surface area contributed by atoms with E-state index in [2.05, 4.69) is 4.18 Å². The number of aromatic hydroxyl groups is 2. The molecule has 7 N–H and O–H groups in total. The van der Waals surface area contributed by atoms with Crippen molar-refractivity contribution in [3.8, 4) is 23.0 Å². The summed E-state index contributed by atoms with van der Waals surface area (Å²) in [6, 6.07) is 8.60. The Labute approximate surface area is 218 Å². The van der Waals surface area contributed by atoms with Crippen LogP contribution in [0.2, 0.25) is 0 Å². The number of rotatable bonds is 10. The highest BCUT2D eigenvalue weighted by molar-refractivity contribution is 7.81. The van der Waals surface area contributed by atoms with Crippen molar-refractivity contribution in [2.24, 2.45) is 11.8 Å². The first-order valence-corrected chi connectivity index (χ1v) is 12.9. The van der Waals surface area contributed by atoms with Crippen LogP contribution in [0.3, 0.4) is 0 Å². The predicted octanol–water partition coefficient (Wildman–Crippen LogP) is 0.608. The Hall–Kier alpha value is -3.14. The summed E-state index contributed by atoms with van der Waals surface area (Å²) in [7, 11) is -4.77. The maximum absolute atomic E-state index is 11.3. The fourth-order valence-corrected chi connectivity index (χ4v) is 4.44. The van der Waals surface area contributed by atoms with Crippen molar-refractivity contribution in [3.05, 3.63) is 47.5 Å². The van der Waals surface area contributed by atoms with Crippen LogP contribution in [0, 0.1) is 11.8 Å². The first-order valence-electron chi connectivity index (χ1n) is 11.6. The molecule has 14 heteroatoms. The number of phenols is 2. The van der Waals surface area contributed by atoms with Crippen LogP contribution < -0.4 is 8.92 Å². The lowest BCUT2D eigenvalue weighted by molar-refractivity contribution is -0.271. The zero-order chi connectivity index (χ0) is 28.4. The summed E-state index contributed by atoms with van der Waals surface area (Å²) < 4.78 is 45.4. The van der Waals surface area contributed by atoms with Crippen LogP contribution in [0.5, 0.6) is 23.0 Å². The minimum atomic E-state index is -4.77. The van der Waals surface area contributed by atoms with Gasteiger partial charge >= 0.3 is 16.4 Å². The number of aliphatic carboxylic acids is 1. The molecule has 1 saturated heterocycles. The first kappa shape index (κ1) is 29.4. The fraction of sp³-hybridized carbons (Fsp3) is 0.458. The minimum absolute atomic E-state index is 0.0492. The van der Waals surface area contributed by atoms with E-state index in [0.717, 1.165) is 5.56 Å². The molecule has 2 unspecified atom stereocenters. The lowest BCUT2D eigenvalue weighted by Gasteiger charge is -2.38. The number of phenolic OH excluding ortho intramolecular Hbond substituents is 2. The van der Waals surface area contributed by atoms with Gasteiger partial charge in [-0.25, -0.2) is 4.79 Å². The Morgan fingerprint density at radius 2 is 1.47 bits per heavy atom. The molecule has 0 radical (unpaired) electrons. The standard InChI is InChI=1S/C24H30O13S/c1-11(7-13-4-6-17(16(26)9-13)37-38(32,33)34)12(2)8-14-3-5-15(25)18(10-14)35-24-21(29)19(27)20(28)22(36-24)23(30)31/h3-6,9-12,19-22,24-29H,7-8H2,1-2H3,(H,30,31)(H,32,33,34)/t11?,12?,19-,20-,21+,22-,24+/m0/s1. The summed E-state index contributed by atoms with van der Waals surface area (Å²) in [6.45, 7) is 3.93. The summed E-state index contributed by atoms with van der Waals surface area (Å²) in [5, 5.41) is 59.4. The molecule has 2 aromatic rings. The van der Waals surface area contributed by atoms with Gasteiger partial charge in [-0.15, -0.1) is 0 Å². The largest absolute Gasteiger partial charge is 0.504 e. The zero-order valence-corrected chi connectivity index (χ0v) is 21.2. The number of hydrogen-bond acceptors (Lipinski definition) is 11. The van der Waals surface area contributed by atoms with E-state index in [1.165, 1.54) is 24.3 Å². The average molecular weight is 559 g/mol. The van der Waals surface area contributed by atoms with Gasteiger partial charge in [-0.05, 0) is 60.1 Å². The molecule has 0 bridgehead atoms. The number of carbonyl (C=O) groups is 1. The lowest BCUT2D eigenvalue weighted by Crippen LogP contribution is -2.61. The van der Waals surface area contributed by atoms with E-state index in [1.807, 2.05) is 13.8 Å². The van der Waals surface area contributed by atoms with Gasteiger partial charge < -0.3 is 44.3 Å². The summed E-state index contributed by atoms with van der Waals surface area (Å²) >= 11 is 0. The summed E-state index contributed by atoms with van der Waals surface area (Å²) in [5.41, 5.74) is 1.41. The van der Waals surface area contributed by atoms with E-state index in [9.17, 15) is 43.9 Å². The second-order valence-corrected chi connectivity index (χ2v) is 10.4. The zero-order valence-electron chi connectivity index (χ0n) is 20.4. The van der Waals surface area contributed by atoms with Crippen LogP contribution in [-0.4, -0.2) is 80.3 Å². The molecule has 0 aliphatic carbocycles.